The molecule has 2 amide bonds. The minimum absolute atomic E-state index is 0.0946. The molecule has 1 atom stereocenters. The van der Waals surface area contributed by atoms with Crippen molar-refractivity contribution in [3.05, 3.63) is 87.6 Å². The van der Waals surface area contributed by atoms with E-state index in [1.165, 1.54) is 46.2 Å². The van der Waals surface area contributed by atoms with Crippen molar-refractivity contribution >= 4 is 23.2 Å². The molecule has 33 heavy (non-hydrogen) atoms. The summed E-state index contributed by atoms with van der Waals surface area (Å²) in [7, 11) is 0. The van der Waals surface area contributed by atoms with Gasteiger partial charge >= 0.3 is 0 Å². The van der Waals surface area contributed by atoms with Gasteiger partial charge < -0.3 is 14.5 Å². The van der Waals surface area contributed by atoms with E-state index in [0.717, 1.165) is 12.0 Å². The third-order valence-corrected chi connectivity index (χ3v) is 6.70. The molecule has 0 fully saturated rings. The Morgan fingerprint density at radius 3 is 2.64 bits per heavy atom. The van der Waals surface area contributed by atoms with Gasteiger partial charge in [0.2, 0.25) is 5.91 Å². The topological polar surface area (TPSA) is 49.9 Å². The molecule has 1 aliphatic rings. The van der Waals surface area contributed by atoms with Crippen LogP contribution in [0.2, 0.25) is 0 Å². The fraction of sp³-hybridized carbons (Fsp3) is 0.280. The van der Waals surface area contributed by atoms with Gasteiger partial charge in [0.1, 0.15) is 30.5 Å². The van der Waals surface area contributed by atoms with Crippen LogP contribution in [0, 0.1) is 11.6 Å². The molecule has 0 aliphatic carbocycles. The van der Waals surface area contributed by atoms with E-state index >= 15 is 0 Å². The Kier molecular flexibility index (Phi) is 7.03. The Balaban J connectivity index is 1.50. The number of amides is 2. The van der Waals surface area contributed by atoms with Crippen molar-refractivity contribution in [2.24, 2.45) is 0 Å². The van der Waals surface area contributed by atoms with Crippen LogP contribution in [0.3, 0.4) is 0 Å². The minimum atomic E-state index is -0.424. The molecule has 4 rings (SSSR count). The molecule has 2 heterocycles. The predicted molar refractivity (Wildman–Crippen MR) is 122 cm³/mol. The maximum atomic E-state index is 13.5. The molecule has 3 aromatic rings. The summed E-state index contributed by atoms with van der Waals surface area (Å²) in [5.74, 6) is -0.944. The average molecular weight is 471 g/mol. The summed E-state index contributed by atoms with van der Waals surface area (Å²) < 4.78 is 32.6. The van der Waals surface area contributed by atoms with Crippen molar-refractivity contribution in [3.8, 4) is 5.75 Å². The van der Waals surface area contributed by atoms with Gasteiger partial charge in [-0.15, -0.1) is 11.3 Å². The lowest BCUT2D eigenvalue weighted by molar-refractivity contribution is -0.135. The number of halogens is 2. The first-order chi connectivity index (χ1) is 16.0. The van der Waals surface area contributed by atoms with Crippen LogP contribution >= 0.6 is 11.3 Å². The molecule has 0 unspecified atom stereocenters. The first kappa shape index (κ1) is 22.9. The normalized spacial score (nSPS) is 15.1. The van der Waals surface area contributed by atoms with Gasteiger partial charge in [-0.2, -0.15) is 0 Å². The van der Waals surface area contributed by atoms with Crippen molar-refractivity contribution in [1.82, 2.24) is 9.80 Å². The van der Waals surface area contributed by atoms with Crippen LogP contribution in [-0.2, 0) is 11.2 Å². The highest BCUT2D eigenvalue weighted by Crippen LogP contribution is 2.34. The lowest BCUT2D eigenvalue weighted by atomic mass is 10.0. The molecule has 1 aromatic heterocycles. The molecular formula is C25H24F2N2O3S. The highest BCUT2D eigenvalue weighted by Gasteiger charge is 2.33. The quantitative estimate of drug-likeness (QED) is 0.503. The smallest absolute Gasteiger partial charge is 0.254 e. The van der Waals surface area contributed by atoms with Crippen LogP contribution in [0.15, 0.2) is 60.0 Å². The molecule has 172 valence electrons. The zero-order chi connectivity index (χ0) is 23.4. The second-order valence-electron chi connectivity index (χ2n) is 7.75. The Labute approximate surface area is 195 Å². The summed E-state index contributed by atoms with van der Waals surface area (Å²) in [5.41, 5.74) is 1.35. The van der Waals surface area contributed by atoms with Gasteiger partial charge in [0.15, 0.2) is 0 Å². The maximum Gasteiger partial charge on any atom is 0.254 e. The third-order valence-electron chi connectivity index (χ3n) is 5.71. The Bertz CT molecular complexity index is 1130. The van der Waals surface area contributed by atoms with Gasteiger partial charge in [0.05, 0.1) is 6.04 Å². The molecule has 8 heteroatoms. The highest BCUT2D eigenvalue weighted by molar-refractivity contribution is 7.10. The molecule has 0 saturated carbocycles. The van der Waals surface area contributed by atoms with E-state index in [1.807, 2.05) is 11.4 Å². The maximum absolute atomic E-state index is 13.5. The van der Waals surface area contributed by atoms with E-state index in [0.29, 0.717) is 24.4 Å². The second-order valence-corrected chi connectivity index (χ2v) is 8.75. The summed E-state index contributed by atoms with van der Waals surface area (Å²) >= 11 is 1.64. The first-order valence-electron chi connectivity index (χ1n) is 10.7. The molecule has 0 spiro atoms. The number of carbonyl (C=O) groups excluding carboxylic acids is 2. The van der Waals surface area contributed by atoms with E-state index in [2.05, 4.69) is 0 Å². The molecule has 0 bridgehead atoms. The lowest BCUT2D eigenvalue weighted by Gasteiger charge is -2.37. The predicted octanol–water partition coefficient (Wildman–Crippen LogP) is 4.69. The van der Waals surface area contributed by atoms with Crippen molar-refractivity contribution in [2.75, 3.05) is 26.2 Å². The number of hydrogen-bond donors (Lipinski definition) is 0. The summed E-state index contributed by atoms with van der Waals surface area (Å²) in [6.45, 7) is 2.72. The van der Waals surface area contributed by atoms with Gasteiger partial charge in [-0.1, -0.05) is 6.07 Å². The number of carbonyl (C=O) groups is 2. The van der Waals surface area contributed by atoms with Gasteiger partial charge in [-0.3, -0.25) is 9.59 Å². The summed E-state index contributed by atoms with van der Waals surface area (Å²) in [6, 6.07) is 12.8. The number of thiophene rings is 1. The number of likely N-dealkylation sites (N-methyl/N-ethyl adjacent to an activating group) is 1. The Morgan fingerprint density at radius 1 is 1.12 bits per heavy atom. The van der Waals surface area contributed by atoms with Crippen LogP contribution in [-0.4, -0.2) is 47.9 Å². The average Bonchev–Trinajstić information content (AvgIpc) is 3.30. The largest absolute Gasteiger partial charge is 0.491 e. The number of benzene rings is 2. The Hall–Kier alpha value is -3.26. The fourth-order valence-corrected chi connectivity index (χ4v) is 4.89. The summed E-state index contributed by atoms with van der Waals surface area (Å²) in [4.78, 5) is 30.6. The minimum Gasteiger partial charge on any atom is -0.491 e. The van der Waals surface area contributed by atoms with Gasteiger partial charge in [-0.05, 0) is 66.8 Å². The molecule has 0 N–H and O–H groups in total. The zero-order valence-electron chi connectivity index (χ0n) is 18.2. The Morgan fingerprint density at radius 2 is 1.91 bits per heavy atom. The lowest BCUT2D eigenvalue weighted by Crippen LogP contribution is -2.47. The first-order valence-corrected chi connectivity index (χ1v) is 11.6. The fourth-order valence-electron chi connectivity index (χ4n) is 3.96. The molecule has 2 aromatic carbocycles. The van der Waals surface area contributed by atoms with Crippen LogP contribution < -0.4 is 4.74 Å². The van der Waals surface area contributed by atoms with Crippen LogP contribution in [0.1, 0.15) is 33.8 Å². The number of ether oxygens (including phenoxy) is 1. The van der Waals surface area contributed by atoms with Crippen molar-refractivity contribution in [1.29, 1.82) is 0 Å². The van der Waals surface area contributed by atoms with Gasteiger partial charge in [0.25, 0.3) is 5.91 Å². The second kappa shape index (κ2) is 10.1. The van der Waals surface area contributed by atoms with Crippen LogP contribution in [0.4, 0.5) is 8.78 Å². The third kappa shape index (κ3) is 5.22. The zero-order valence-corrected chi connectivity index (χ0v) is 19.0. The van der Waals surface area contributed by atoms with E-state index < -0.39 is 11.6 Å². The molecule has 5 nitrogen and oxygen atoms in total. The van der Waals surface area contributed by atoms with E-state index in [1.54, 1.807) is 35.3 Å². The number of rotatable bonds is 7. The van der Waals surface area contributed by atoms with E-state index in [4.69, 9.17) is 4.74 Å². The molecule has 1 aliphatic heterocycles. The van der Waals surface area contributed by atoms with Gasteiger partial charge in [0, 0.05) is 29.6 Å². The molecular weight excluding hydrogens is 446 g/mol. The van der Waals surface area contributed by atoms with Crippen molar-refractivity contribution < 1.29 is 23.1 Å². The summed E-state index contributed by atoms with van der Waals surface area (Å²) in [6.07, 6.45) is 0.729. The van der Waals surface area contributed by atoms with Crippen molar-refractivity contribution in [3.63, 3.8) is 0 Å². The summed E-state index contributed by atoms with van der Waals surface area (Å²) in [5, 5.41) is 1.99. The van der Waals surface area contributed by atoms with Crippen LogP contribution in [0.25, 0.3) is 0 Å². The number of fused-ring (bicyclic) bond motifs is 1. The number of nitrogens with zero attached hydrogens (tertiary/aromatic N) is 2. The van der Waals surface area contributed by atoms with E-state index in [9.17, 15) is 18.4 Å². The van der Waals surface area contributed by atoms with Crippen LogP contribution in [0.5, 0.6) is 5.75 Å². The monoisotopic (exact) mass is 470 g/mol. The number of hydrogen-bond acceptors (Lipinski definition) is 4. The molecule has 0 radical (unpaired) electrons. The van der Waals surface area contributed by atoms with E-state index in [-0.39, 0.29) is 31.0 Å². The SMILES string of the molecule is CCN(CC(=O)N1CCc2sccc2[C@@H]1COc1cccc(F)c1)C(=O)c1ccc(F)cc1. The van der Waals surface area contributed by atoms with Crippen molar-refractivity contribution in [2.45, 2.75) is 19.4 Å². The van der Waals surface area contributed by atoms with Gasteiger partial charge in [-0.25, -0.2) is 8.78 Å². The standard InChI is InChI=1S/C25H24F2N2O3S/c1-2-28(25(31)17-6-8-18(26)9-7-17)15-24(30)29-12-10-23-21(11-13-33-23)22(29)16-32-20-5-3-4-19(27)14-20/h3-9,11,13-14,22H,2,10,12,15-16H2,1H3/t22-/m0/s1. The molecule has 0 saturated heterocycles. The highest BCUT2D eigenvalue weighted by atomic mass is 32.1.